The summed E-state index contributed by atoms with van der Waals surface area (Å²) in [5.41, 5.74) is -0.813. The first kappa shape index (κ1) is 23.5. The van der Waals surface area contributed by atoms with E-state index in [1.807, 2.05) is 4.90 Å². The van der Waals surface area contributed by atoms with Crippen molar-refractivity contribution in [3.8, 4) is 6.07 Å². The smallest absolute Gasteiger partial charge is 0.224 e. The summed E-state index contributed by atoms with van der Waals surface area (Å²) in [5, 5.41) is 13.2. The van der Waals surface area contributed by atoms with E-state index in [1.165, 1.54) is 44.9 Å². The molecule has 4 fully saturated rings. The number of amides is 2. The van der Waals surface area contributed by atoms with Gasteiger partial charge in [0.15, 0.2) is 0 Å². The molecule has 1 N–H and O–H groups in total. The molecule has 0 aromatic heterocycles. The minimum Gasteiger partial charge on any atom is -0.378 e. The van der Waals surface area contributed by atoms with Gasteiger partial charge in [0.05, 0.1) is 19.3 Å². The fourth-order valence-electron chi connectivity index (χ4n) is 6.24. The molecule has 7 nitrogen and oxygen atoms in total. The summed E-state index contributed by atoms with van der Waals surface area (Å²) < 4.78 is 5.38. The van der Waals surface area contributed by atoms with Crippen LogP contribution in [0.5, 0.6) is 0 Å². The summed E-state index contributed by atoms with van der Waals surface area (Å²) in [6.07, 6.45) is 12.6. The Labute approximate surface area is 192 Å². The van der Waals surface area contributed by atoms with Gasteiger partial charge in [0.25, 0.3) is 0 Å². The van der Waals surface area contributed by atoms with Gasteiger partial charge in [-0.25, -0.2) is 0 Å². The van der Waals surface area contributed by atoms with E-state index in [-0.39, 0.29) is 24.2 Å². The molecule has 2 atom stereocenters. The van der Waals surface area contributed by atoms with Crippen molar-refractivity contribution in [1.82, 2.24) is 15.1 Å². The molecule has 0 spiro atoms. The van der Waals surface area contributed by atoms with Crippen molar-refractivity contribution < 1.29 is 14.3 Å². The van der Waals surface area contributed by atoms with Crippen LogP contribution in [0.2, 0.25) is 0 Å². The molecule has 2 saturated heterocycles. The van der Waals surface area contributed by atoms with Crippen LogP contribution in [0.3, 0.4) is 0 Å². The zero-order valence-electron chi connectivity index (χ0n) is 19.5. The van der Waals surface area contributed by atoms with Crippen molar-refractivity contribution in [3.63, 3.8) is 0 Å². The molecule has 0 aromatic rings. The van der Waals surface area contributed by atoms with Crippen LogP contribution < -0.4 is 5.32 Å². The highest BCUT2D eigenvalue weighted by Gasteiger charge is 2.43. The van der Waals surface area contributed by atoms with Crippen LogP contribution in [0.1, 0.15) is 77.0 Å². The summed E-state index contributed by atoms with van der Waals surface area (Å²) >= 11 is 0. The second-order valence-electron chi connectivity index (χ2n) is 10.5. The number of hydrogen-bond donors (Lipinski definition) is 1. The van der Waals surface area contributed by atoms with Gasteiger partial charge in [-0.05, 0) is 31.6 Å². The fraction of sp³-hybridized carbons (Fsp3) is 0.880. The lowest BCUT2D eigenvalue weighted by Gasteiger charge is -2.32. The number of carbonyl (C=O) groups is 2. The molecule has 0 aromatic carbocycles. The Morgan fingerprint density at radius 3 is 2.41 bits per heavy atom. The van der Waals surface area contributed by atoms with E-state index in [9.17, 15) is 14.9 Å². The highest BCUT2D eigenvalue weighted by Crippen LogP contribution is 2.33. The van der Waals surface area contributed by atoms with E-state index in [4.69, 9.17) is 4.74 Å². The number of hydrogen-bond acceptors (Lipinski definition) is 5. The third kappa shape index (κ3) is 5.82. The Kier molecular flexibility index (Phi) is 8.07. The van der Waals surface area contributed by atoms with Crippen molar-refractivity contribution in [3.05, 3.63) is 0 Å². The minimum atomic E-state index is -0.813. The minimum absolute atomic E-state index is 0.0503. The Morgan fingerprint density at radius 2 is 1.72 bits per heavy atom. The van der Waals surface area contributed by atoms with Gasteiger partial charge >= 0.3 is 0 Å². The SMILES string of the molecule is N#C[C@@]1(NC(=O)[C@@H](CC(=O)N2CCOCC2)CC2CCCCC2)CCN(C2CCCC2)C1. The standard InChI is InChI=1S/C25H40N4O3/c26-18-25(10-11-29(19-25)22-8-4-5-9-22)27-24(31)21(16-20-6-2-1-3-7-20)17-23(30)28-12-14-32-15-13-28/h20-22H,1-17,19H2,(H,27,31)/t21-,25+/m1/s1. The van der Waals surface area contributed by atoms with Crippen LogP contribution in [-0.2, 0) is 14.3 Å². The lowest BCUT2D eigenvalue weighted by Crippen LogP contribution is -2.52. The maximum absolute atomic E-state index is 13.5. The number of morpholine rings is 1. The molecule has 2 aliphatic carbocycles. The largest absolute Gasteiger partial charge is 0.378 e. The molecule has 2 aliphatic heterocycles. The Balaban J connectivity index is 1.40. The molecule has 4 aliphatic rings. The van der Waals surface area contributed by atoms with Gasteiger partial charge < -0.3 is 15.0 Å². The second-order valence-corrected chi connectivity index (χ2v) is 10.5. The molecular formula is C25H40N4O3. The van der Waals surface area contributed by atoms with Gasteiger partial charge in [0.1, 0.15) is 5.54 Å². The molecular weight excluding hydrogens is 404 g/mol. The summed E-state index contributed by atoms with van der Waals surface area (Å²) in [7, 11) is 0. The number of likely N-dealkylation sites (tertiary alicyclic amines) is 1. The molecule has 0 unspecified atom stereocenters. The summed E-state index contributed by atoms with van der Waals surface area (Å²) in [6.45, 7) is 3.84. The number of ether oxygens (including phenoxy) is 1. The number of nitrogens with one attached hydrogen (secondary N) is 1. The molecule has 4 rings (SSSR count). The van der Waals surface area contributed by atoms with Crippen molar-refractivity contribution in [2.75, 3.05) is 39.4 Å². The zero-order chi connectivity index (χ0) is 22.4. The van der Waals surface area contributed by atoms with Gasteiger partial charge in [0, 0.05) is 44.6 Å². The summed E-state index contributed by atoms with van der Waals surface area (Å²) in [4.78, 5) is 30.7. The summed E-state index contributed by atoms with van der Waals surface area (Å²) in [5.74, 6) is 0.120. The van der Waals surface area contributed by atoms with Crippen molar-refractivity contribution in [2.45, 2.75) is 88.6 Å². The van der Waals surface area contributed by atoms with Crippen LogP contribution in [-0.4, -0.2) is 72.6 Å². The van der Waals surface area contributed by atoms with E-state index >= 15 is 0 Å². The first-order valence-electron chi connectivity index (χ1n) is 12.9. The van der Waals surface area contributed by atoms with Crippen molar-refractivity contribution in [2.24, 2.45) is 11.8 Å². The normalized spacial score (nSPS) is 29.0. The Morgan fingerprint density at radius 1 is 1.03 bits per heavy atom. The fourth-order valence-corrected chi connectivity index (χ4v) is 6.24. The van der Waals surface area contributed by atoms with Crippen LogP contribution >= 0.6 is 0 Å². The van der Waals surface area contributed by atoms with E-state index in [1.54, 1.807) is 0 Å². The monoisotopic (exact) mass is 444 g/mol. The third-order valence-corrected chi connectivity index (χ3v) is 8.21. The molecule has 0 radical (unpaired) electrons. The van der Waals surface area contributed by atoms with Gasteiger partial charge in [-0.2, -0.15) is 5.26 Å². The average molecular weight is 445 g/mol. The first-order chi connectivity index (χ1) is 15.6. The molecule has 178 valence electrons. The van der Waals surface area contributed by atoms with Gasteiger partial charge in [-0.15, -0.1) is 0 Å². The van der Waals surface area contributed by atoms with E-state index in [2.05, 4.69) is 16.3 Å². The Hall–Kier alpha value is -1.65. The van der Waals surface area contributed by atoms with Crippen molar-refractivity contribution >= 4 is 11.8 Å². The predicted octanol–water partition coefficient (Wildman–Crippen LogP) is 2.85. The maximum Gasteiger partial charge on any atom is 0.224 e. The highest BCUT2D eigenvalue weighted by molar-refractivity contribution is 5.86. The summed E-state index contributed by atoms with van der Waals surface area (Å²) in [6, 6.07) is 3.01. The quantitative estimate of drug-likeness (QED) is 0.653. The van der Waals surface area contributed by atoms with Gasteiger partial charge in [-0.1, -0.05) is 44.9 Å². The molecule has 0 bridgehead atoms. The lowest BCUT2D eigenvalue weighted by molar-refractivity contribution is -0.140. The maximum atomic E-state index is 13.5. The topological polar surface area (TPSA) is 85.7 Å². The number of nitriles is 1. The van der Waals surface area contributed by atoms with Crippen LogP contribution in [0.4, 0.5) is 0 Å². The average Bonchev–Trinajstić information content (AvgIpc) is 3.50. The molecule has 7 heteroatoms. The predicted molar refractivity (Wildman–Crippen MR) is 122 cm³/mol. The van der Waals surface area contributed by atoms with Crippen LogP contribution in [0.15, 0.2) is 0 Å². The second kappa shape index (κ2) is 11.0. The van der Waals surface area contributed by atoms with E-state index in [0.29, 0.717) is 51.2 Å². The number of rotatable bonds is 7. The van der Waals surface area contributed by atoms with Crippen LogP contribution in [0, 0.1) is 23.2 Å². The molecule has 32 heavy (non-hydrogen) atoms. The van der Waals surface area contributed by atoms with Gasteiger partial charge in [-0.3, -0.25) is 14.5 Å². The first-order valence-corrected chi connectivity index (χ1v) is 12.9. The molecule has 2 amide bonds. The van der Waals surface area contributed by atoms with E-state index in [0.717, 1.165) is 25.8 Å². The number of carbonyl (C=O) groups excluding carboxylic acids is 2. The molecule has 2 saturated carbocycles. The third-order valence-electron chi connectivity index (χ3n) is 8.21. The van der Waals surface area contributed by atoms with Gasteiger partial charge in [0.2, 0.25) is 11.8 Å². The highest BCUT2D eigenvalue weighted by atomic mass is 16.5. The van der Waals surface area contributed by atoms with Crippen molar-refractivity contribution in [1.29, 1.82) is 5.26 Å². The van der Waals surface area contributed by atoms with Crippen LogP contribution in [0.25, 0.3) is 0 Å². The number of nitrogens with zero attached hydrogens (tertiary/aromatic N) is 3. The lowest BCUT2D eigenvalue weighted by atomic mass is 9.81. The van der Waals surface area contributed by atoms with E-state index < -0.39 is 5.54 Å². The Bertz CT molecular complexity index is 690. The zero-order valence-corrected chi connectivity index (χ0v) is 19.5. The molecule has 2 heterocycles.